The van der Waals surface area contributed by atoms with Crippen molar-refractivity contribution in [2.75, 3.05) is 23.9 Å². The normalized spacial score (nSPS) is 12.0. The minimum Gasteiger partial charge on any atom is -1.00 e. The molecule has 1 rings (SSSR count). The Morgan fingerprint density at radius 2 is 1.08 bits per heavy atom. The van der Waals surface area contributed by atoms with E-state index in [1.54, 1.807) is 0 Å². The van der Waals surface area contributed by atoms with Gasteiger partial charge in [0, 0.05) is 23.9 Å². The summed E-state index contributed by atoms with van der Waals surface area (Å²) in [5, 5.41) is 2.03. The van der Waals surface area contributed by atoms with E-state index in [0.29, 0.717) is 0 Å². The maximum Gasteiger partial charge on any atom is 2.00 e. The van der Waals surface area contributed by atoms with E-state index in [0.717, 1.165) is 41.9 Å². The molecule has 0 aromatic heterocycles. The van der Waals surface area contributed by atoms with E-state index in [9.17, 15) is 0 Å². The van der Waals surface area contributed by atoms with Gasteiger partial charge in [-0.2, -0.15) is 0 Å². The summed E-state index contributed by atoms with van der Waals surface area (Å²) in [7, 11) is -1.33. The van der Waals surface area contributed by atoms with Crippen LogP contribution in [-0.2, 0) is 4.74 Å². The van der Waals surface area contributed by atoms with Gasteiger partial charge in [0.1, 0.15) is 0 Å². The summed E-state index contributed by atoms with van der Waals surface area (Å²) in [5.41, 5.74) is 4.90. The zero-order valence-electron chi connectivity index (χ0n) is 23.1. The Labute approximate surface area is 279 Å². The molecule has 1 heterocycles. The van der Waals surface area contributed by atoms with Gasteiger partial charge in [-0.05, 0) is 70.6 Å². The SMILES string of the molecule is C1CCOC1.C=C(C)C[Si](CCCBr)(CC(=C)C)CC(=C)C.C=C([CH2-])C.Cl[Si](Cl)(Cl)CCCBr.[Cl-].[Mg+2]. The molecule has 210 valence electrons. The summed E-state index contributed by atoms with van der Waals surface area (Å²) in [6.45, 7) is 29.6. The smallest absolute Gasteiger partial charge is 1.00 e. The number of rotatable bonds is 12. The van der Waals surface area contributed by atoms with Gasteiger partial charge in [-0.15, -0.1) is 53.0 Å². The maximum atomic E-state index is 5.56. The minimum absolute atomic E-state index is 0. The third-order valence-electron chi connectivity index (χ3n) is 4.29. The Bertz CT molecular complexity index is 532. The molecule has 1 fully saturated rings. The Kier molecular flexibility index (Phi) is 40.0. The number of hydrogen-bond acceptors (Lipinski definition) is 1. The average Bonchev–Trinajstić information content (AvgIpc) is 3.22. The first-order valence-corrected chi connectivity index (χ1v) is 22.1. The summed E-state index contributed by atoms with van der Waals surface area (Å²) in [4.78, 5) is 0. The molecule has 0 amide bonds. The number of allylic oxidation sites excluding steroid dienone is 4. The van der Waals surface area contributed by atoms with Gasteiger partial charge in [-0.3, -0.25) is 0 Å². The van der Waals surface area contributed by atoms with Crippen LogP contribution in [0.5, 0.6) is 0 Å². The van der Waals surface area contributed by atoms with E-state index in [-0.39, 0.29) is 35.5 Å². The topological polar surface area (TPSA) is 9.23 Å². The van der Waals surface area contributed by atoms with E-state index in [1.807, 2.05) is 6.92 Å². The molecule has 36 heavy (non-hydrogen) atoms. The van der Waals surface area contributed by atoms with Crippen molar-refractivity contribution < 1.29 is 17.1 Å². The van der Waals surface area contributed by atoms with Crippen molar-refractivity contribution in [3.63, 3.8) is 0 Å². The van der Waals surface area contributed by atoms with Gasteiger partial charge in [-0.1, -0.05) is 61.5 Å². The van der Waals surface area contributed by atoms with Gasteiger partial charge in [-0.25, -0.2) is 19.1 Å². The van der Waals surface area contributed by atoms with Crippen LogP contribution in [-0.4, -0.2) is 61.0 Å². The maximum absolute atomic E-state index is 5.56. The second-order valence-corrected chi connectivity index (χ2v) is 24.8. The molecule has 0 aliphatic carbocycles. The molecule has 0 unspecified atom stereocenters. The van der Waals surface area contributed by atoms with E-state index >= 15 is 0 Å². The molecular weight excluding hydrogens is 710 g/mol. The van der Waals surface area contributed by atoms with Gasteiger partial charge in [0.25, 0.3) is 0 Å². The summed E-state index contributed by atoms with van der Waals surface area (Å²) in [6, 6.07) is 3.48. The zero-order valence-corrected chi connectivity index (χ0v) is 32.7. The molecule has 0 saturated carbocycles. The van der Waals surface area contributed by atoms with Crippen LogP contribution in [0.3, 0.4) is 0 Å². The third kappa shape index (κ3) is 43.2. The van der Waals surface area contributed by atoms with Gasteiger partial charge < -0.3 is 17.1 Å². The predicted molar refractivity (Wildman–Crippen MR) is 180 cm³/mol. The van der Waals surface area contributed by atoms with Crippen molar-refractivity contribution >= 4 is 102 Å². The standard InChI is InChI=1S/C15H27BrSi.C4H8O.C4H7.C3H6BrCl3Si.ClH.Mg/c1-13(2)10-17(9-7-8-16,11-14(3)4)12-15(5)6;1-2-4-5-3-1;1-4(2)3;4-2-1-3-8(5,6)7;;/h1,3,5,7-12H2,2,4,6H3;1-4H2;1-2H2,3H3;1-3H2;1H;/q;;-1;;;+2/p-1. The van der Waals surface area contributed by atoms with Crippen molar-refractivity contribution in [3.8, 4) is 0 Å². The molecule has 1 aliphatic rings. The fourth-order valence-electron chi connectivity index (χ4n) is 3.59. The predicted octanol–water partition coefficient (Wildman–Crippen LogP) is 8.19. The third-order valence-corrected chi connectivity index (χ3v) is 13.5. The molecule has 0 N–H and O–H groups in total. The molecule has 1 nitrogen and oxygen atoms in total. The first-order valence-electron chi connectivity index (χ1n) is 11.8. The van der Waals surface area contributed by atoms with Crippen LogP contribution < -0.4 is 12.4 Å². The second-order valence-electron chi connectivity index (χ2n) is 9.38. The molecule has 0 bridgehead atoms. The van der Waals surface area contributed by atoms with E-state index < -0.39 is 14.1 Å². The van der Waals surface area contributed by atoms with E-state index in [4.69, 9.17) is 38.0 Å². The van der Waals surface area contributed by atoms with Crippen LogP contribution in [0.15, 0.2) is 48.6 Å². The molecule has 0 radical (unpaired) electrons. The zero-order chi connectivity index (χ0) is 27.2. The van der Waals surface area contributed by atoms with Crippen LogP contribution >= 0.6 is 65.1 Å². The van der Waals surface area contributed by atoms with Crippen LogP contribution in [0.4, 0.5) is 0 Å². The monoisotopic (exact) mass is 754 g/mol. The fraction of sp³-hybridized carbons (Fsp3) is 0.654. The Morgan fingerprint density at radius 3 is 1.25 bits per heavy atom. The Balaban J connectivity index is -0.000000139. The first kappa shape index (κ1) is 47.9. The average molecular weight is 759 g/mol. The van der Waals surface area contributed by atoms with Crippen LogP contribution in [0, 0.1) is 6.92 Å². The van der Waals surface area contributed by atoms with Gasteiger partial charge in [0.15, 0.2) is 0 Å². The first-order chi connectivity index (χ1) is 15.6. The summed E-state index contributed by atoms with van der Waals surface area (Å²) >= 11 is 23.5. The second kappa shape index (κ2) is 30.1. The molecule has 0 aromatic rings. The number of alkyl halides is 2. The van der Waals surface area contributed by atoms with Crippen molar-refractivity contribution in [2.24, 2.45) is 0 Å². The molecular formula is C26H48Br2Cl4MgOSi2. The van der Waals surface area contributed by atoms with Gasteiger partial charge >= 0.3 is 29.1 Å². The molecule has 1 aliphatic heterocycles. The minimum atomic E-state index is -2.29. The summed E-state index contributed by atoms with van der Waals surface area (Å²) in [5.74, 6) is 0. The van der Waals surface area contributed by atoms with Crippen LogP contribution in [0.2, 0.25) is 30.2 Å². The number of hydrogen-bond donors (Lipinski definition) is 0. The molecule has 0 aromatic carbocycles. The van der Waals surface area contributed by atoms with Gasteiger partial charge in [0.05, 0.1) is 8.07 Å². The quantitative estimate of drug-likeness (QED) is 0.0642. The summed E-state index contributed by atoms with van der Waals surface area (Å²) in [6.07, 6.45) is 4.78. The summed E-state index contributed by atoms with van der Waals surface area (Å²) < 4.78 is 4.94. The molecule has 0 spiro atoms. The van der Waals surface area contributed by atoms with Crippen molar-refractivity contribution in [3.05, 3.63) is 55.5 Å². The van der Waals surface area contributed by atoms with E-state index in [2.05, 4.69) is 85.9 Å². The largest absolute Gasteiger partial charge is 2.00 e. The molecule has 1 saturated heterocycles. The number of halogens is 6. The van der Waals surface area contributed by atoms with Crippen molar-refractivity contribution in [1.29, 1.82) is 0 Å². The fourth-order valence-corrected chi connectivity index (χ4v) is 12.6. The molecule has 0 atom stereocenters. The van der Waals surface area contributed by atoms with Crippen LogP contribution in [0.1, 0.15) is 53.4 Å². The van der Waals surface area contributed by atoms with E-state index in [1.165, 1.54) is 60.2 Å². The Morgan fingerprint density at radius 1 is 0.778 bits per heavy atom. The van der Waals surface area contributed by atoms with Crippen LogP contribution in [0.25, 0.3) is 0 Å². The van der Waals surface area contributed by atoms with Gasteiger partial charge in [0.2, 0.25) is 0 Å². The van der Waals surface area contributed by atoms with Crippen molar-refractivity contribution in [1.82, 2.24) is 0 Å². The number of ether oxygens (including phenoxy) is 1. The van der Waals surface area contributed by atoms with Crippen molar-refractivity contribution in [2.45, 2.75) is 83.6 Å². The molecule has 10 heteroatoms. The Hall–Kier alpha value is 2.11.